The van der Waals surface area contributed by atoms with Gasteiger partial charge in [0.25, 0.3) is 0 Å². The molecule has 1 aromatic rings. The topological polar surface area (TPSA) is 66.4 Å². The van der Waals surface area contributed by atoms with E-state index in [1.165, 1.54) is 6.07 Å². The summed E-state index contributed by atoms with van der Waals surface area (Å²) in [6, 6.07) is 4.76. The van der Waals surface area contributed by atoms with E-state index >= 15 is 0 Å². The van der Waals surface area contributed by atoms with Crippen LogP contribution in [0.25, 0.3) is 0 Å². The zero-order chi connectivity index (χ0) is 13.7. The zero-order valence-corrected chi connectivity index (χ0v) is 12.0. The molecule has 1 rings (SSSR count). The van der Waals surface area contributed by atoms with Gasteiger partial charge in [-0.1, -0.05) is 36.2 Å². The molecular formula is C13H16BrNO3. The quantitative estimate of drug-likeness (QED) is 0.874. The van der Waals surface area contributed by atoms with Crippen LogP contribution in [0.4, 0.5) is 5.69 Å². The highest BCUT2D eigenvalue weighted by molar-refractivity contribution is 9.10. The van der Waals surface area contributed by atoms with Crippen molar-refractivity contribution in [1.29, 1.82) is 0 Å². The summed E-state index contributed by atoms with van der Waals surface area (Å²) in [5.41, 5.74) is 0.417. The van der Waals surface area contributed by atoms with E-state index in [2.05, 4.69) is 21.2 Å². The molecule has 0 spiro atoms. The maximum absolute atomic E-state index is 11.7. The molecule has 0 aliphatic heterocycles. The van der Waals surface area contributed by atoms with E-state index in [0.29, 0.717) is 16.6 Å². The van der Waals surface area contributed by atoms with Crippen LogP contribution < -0.4 is 5.32 Å². The van der Waals surface area contributed by atoms with Gasteiger partial charge in [-0.25, -0.2) is 4.79 Å². The molecule has 2 N–H and O–H groups in total. The van der Waals surface area contributed by atoms with Crippen molar-refractivity contribution in [3.8, 4) is 0 Å². The largest absolute Gasteiger partial charge is 0.478 e. The Morgan fingerprint density at radius 1 is 1.44 bits per heavy atom. The van der Waals surface area contributed by atoms with Gasteiger partial charge in [0.1, 0.15) is 0 Å². The number of carbonyl (C=O) groups is 2. The lowest BCUT2D eigenvalue weighted by Gasteiger charge is -2.11. The van der Waals surface area contributed by atoms with Crippen molar-refractivity contribution in [2.75, 3.05) is 5.32 Å². The Balaban J connectivity index is 2.84. The molecule has 1 unspecified atom stereocenters. The van der Waals surface area contributed by atoms with Crippen LogP contribution in [-0.4, -0.2) is 17.0 Å². The lowest BCUT2D eigenvalue weighted by molar-refractivity contribution is -0.117. The maximum Gasteiger partial charge on any atom is 0.337 e. The molecule has 0 bridgehead atoms. The summed E-state index contributed by atoms with van der Waals surface area (Å²) < 4.78 is 0.667. The van der Waals surface area contributed by atoms with E-state index in [1.54, 1.807) is 12.1 Å². The first-order valence-electron chi connectivity index (χ1n) is 5.76. The van der Waals surface area contributed by atoms with Gasteiger partial charge in [-0.15, -0.1) is 0 Å². The van der Waals surface area contributed by atoms with E-state index in [1.807, 2.05) is 13.8 Å². The SMILES string of the molecule is CCC(C)CC(=O)Nc1ccc(Br)cc1C(=O)O. The second-order valence-electron chi connectivity index (χ2n) is 4.26. The minimum atomic E-state index is -1.06. The fourth-order valence-electron chi connectivity index (χ4n) is 1.46. The molecule has 0 saturated carbocycles. The molecule has 1 atom stereocenters. The molecule has 5 heteroatoms. The number of nitrogens with one attached hydrogen (secondary N) is 1. The third-order valence-electron chi connectivity index (χ3n) is 2.72. The number of carboxylic acid groups (broad SMARTS) is 1. The summed E-state index contributed by atoms with van der Waals surface area (Å²) in [5, 5.41) is 11.7. The molecule has 1 amide bonds. The highest BCUT2D eigenvalue weighted by atomic mass is 79.9. The monoisotopic (exact) mass is 313 g/mol. The summed E-state index contributed by atoms with van der Waals surface area (Å²) in [7, 11) is 0. The third kappa shape index (κ3) is 4.14. The van der Waals surface area contributed by atoms with Gasteiger partial charge >= 0.3 is 5.97 Å². The summed E-state index contributed by atoms with van der Waals surface area (Å²) in [4.78, 5) is 22.8. The van der Waals surface area contributed by atoms with Gasteiger partial charge in [-0.05, 0) is 24.1 Å². The van der Waals surface area contributed by atoms with Crippen molar-refractivity contribution in [1.82, 2.24) is 0 Å². The summed E-state index contributed by atoms with van der Waals surface area (Å²) in [5.74, 6) is -0.932. The Morgan fingerprint density at radius 3 is 2.67 bits per heavy atom. The molecule has 0 aliphatic rings. The smallest absolute Gasteiger partial charge is 0.337 e. The number of anilines is 1. The summed E-state index contributed by atoms with van der Waals surface area (Å²) in [6.45, 7) is 4.00. The van der Waals surface area contributed by atoms with Crippen LogP contribution in [-0.2, 0) is 4.79 Å². The molecule has 0 radical (unpaired) electrons. The molecule has 0 saturated heterocycles. The van der Waals surface area contributed by atoms with E-state index in [0.717, 1.165) is 6.42 Å². The van der Waals surface area contributed by atoms with Crippen LogP contribution in [0.1, 0.15) is 37.0 Å². The fourth-order valence-corrected chi connectivity index (χ4v) is 1.83. The first-order chi connectivity index (χ1) is 8.43. The van der Waals surface area contributed by atoms with Gasteiger partial charge in [0.15, 0.2) is 0 Å². The van der Waals surface area contributed by atoms with Crippen LogP contribution in [0.2, 0.25) is 0 Å². The first kappa shape index (κ1) is 14.7. The normalized spacial score (nSPS) is 11.9. The van der Waals surface area contributed by atoms with Crippen molar-refractivity contribution in [3.63, 3.8) is 0 Å². The predicted octanol–water partition coefficient (Wildman–Crippen LogP) is 3.52. The van der Waals surface area contributed by atoms with Crippen molar-refractivity contribution in [3.05, 3.63) is 28.2 Å². The first-order valence-corrected chi connectivity index (χ1v) is 6.56. The average molecular weight is 314 g/mol. The molecule has 98 valence electrons. The van der Waals surface area contributed by atoms with E-state index < -0.39 is 5.97 Å². The number of hydrogen-bond acceptors (Lipinski definition) is 2. The van der Waals surface area contributed by atoms with Crippen LogP contribution in [0.3, 0.4) is 0 Å². The number of carbonyl (C=O) groups excluding carboxylic acids is 1. The summed E-state index contributed by atoms with van der Waals surface area (Å²) in [6.07, 6.45) is 1.31. The number of amides is 1. The minimum Gasteiger partial charge on any atom is -0.478 e. The Morgan fingerprint density at radius 2 is 2.11 bits per heavy atom. The Labute approximate surface area is 115 Å². The maximum atomic E-state index is 11.7. The lowest BCUT2D eigenvalue weighted by atomic mass is 10.0. The van der Waals surface area contributed by atoms with Crippen molar-refractivity contribution in [2.24, 2.45) is 5.92 Å². The molecule has 0 aliphatic carbocycles. The second kappa shape index (κ2) is 6.54. The van der Waals surface area contributed by atoms with Gasteiger partial charge in [-0.2, -0.15) is 0 Å². The van der Waals surface area contributed by atoms with Gasteiger partial charge in [0.2, 0.25) is 5.91 Å². The zero-order valence-electron chi connectivity index (χ0n) is 10.4. The van der Waals surface area contributed by atoms with Crippen LogP contribution >= 0.6 is 15.9 Å². The minimum absolute atomic E-state index is 0.0851. The number of rotatable bonds is 5. The average Bonchev–Trinajstić information content (AvgIpc) is 2.30. The number of hydrogen-bond donors (Lipinski definition) is 2. The second-order valence-corrected chi connectivity index (χ2v) is 5.18. The van der Waals surface area contributed by atoms with Gasteiger partial charge in [0, 0.05) is 10.9 Å². The number of aromatic carboxylic acids is 1. The molecule has 0 heterocycles. The highest BCUT2D eigenvalue weighted by Crippen LogP contribution is 2.21. The van der Waals surface area contributed by atoms with E-state index in [4.69, 9.17) is 5.11 Å². The summed E-state index contributed by atoms with van der Waals surface area (Å²) >= 11 is 3.21. The van der Waals surface area contributed by atoms with Crippen molar-refractivity contribution in [2.45, 2.75) is 26.7 Å². The number of benzene rings is 1. The Bertz CT molecular complexity index is 460. The van der Waals surface area contributed by atoms with Gasteiger partial charge in [-0.3, -0.25) is 4.79 Å². The van der Waals surface area contributed by atoms with Crippen molar-refractivity contribution >= 4 is 33.5 Å². The van der Waals surface area contributed by atoms with Gasteiger partial charge in [0.05, 0.1) is 11.3 Å². The molecule has 0 fully saturated rings. The highest BCUT2D eigenvalue weighted by Gasteiger charge is 2.14. The fraction of sp³-hybridized carbons (Fsp3) is 0.385. The number of halogens is 1. The molecule has 18 heavy (non-hydrogen) atoms. The van der Waals surface area contributed by atoms with Crippen LogP contribution in [0.15, 0.2) is 22.7 Å². The molecule has 1 aromatic carbocycles. The Hall–Kier alpha value is -1.36. The van der Waals surface area contributed by atoms with Crippen LogP contribution in [0, 0.1) is 5.92 Å². The van der Waals surface area contributed by atoms with E-state index in [-0.39, 0.29) is 17.4 Å². The Kier molecular flexibility index (Phi) is 5.34. The predicted molar refractivity (Wildman–Crippen MR) is 73.8 cm³/mol. The van der Waals surface area contributed by atoms with E-state index in [9.17, 15) is 9.59 Å². The van der Waals surface area contributed by atoms with Crippen molar-refractivity contribution < 1.29 is 14.7 Å². The lowest BCUT2D eigenvalue weighted by Crippen LogP contribution is -2.17. The molecule has 4 nitrogen and oxygen atoms in total. The van der Waals surface area contributed by atoms with Gasteiger partial charge < -0.3 is 10.4 Å². The standard InChI is InChI=1S/C13H16BrNO3/c1-3-8(2)6-12(16)15-11-5-4-9(14)7-10(11)13(17)18/h4-5,7-8H,3,6H2,1-2H3,(H,15,16)(H,17,18). The molecular weight excluding hydrogens is 298 g/mol. The molecule has 0 aromatic heterocycles. The van der Waals surface area contributed by atoms with Crippen LogP contribution in [0.5, 0.6) is 0 Å². The number of carboxylic acids is 1. The third-order valence-corrected chi connectivity index (χ3v) is 3.21.